The number of ether oxygens (including phenoxy) is 1. The molecule has 0 bridgehead atoms. The van der Waals surface area contributed by atoms with Gasteiger partial charge in [-0.05, 0) is 17.7 Å². The smallest absolute Gasteiger partial charge is 0.336 e. The van der Waals surface area contributed by atoms with Crippen LogP contribution in [0.15, 0.2) is 70.4 Å². The second-order valence-corrected chi connectivity index (χ2v) is 4.66. The number of hydrogen-bond donors (Lipinski definition) is 0. The summed E-state index contributed by atoms with van der Waals surface area (Å²) in [5, 5.41) is 0.844. The van der Waals surface area contributed by atoms with Crippen LogP contribution in [-0.4, -0.2) is 0 Å². The highest BCUT2D eigenvalue weighted by molar-refractivity contribution is 5.82. The lowest BCUT2D eigenvalue weighted by molar-refractivity contribution is 0.305. The van der Waals surface area contributed by atoms with Gasteiger partial charge in [0.25, 0.3) is 0 Å². The Morgan fingerprint density at radius 1 is 1.10 bits per heavy atom. The van der Waals surface area contributed by atoms with Crippen molar-refractivity contribution in [3.8, 4) is 5.75 Å². The molecule has 0 saturated carbocycles. The first-order valence-corrected chi connectivity index (χ1v) is 6.63. The zero-order chi connectivity index (χ0) is 14.7. The molecule has 2 aromatic carbocycles. The Balaban J connectivity index is 1.96. The fourth-order valence-electron chi connectivity index (χ4n) is 2.13. The molecule has 3 heteroatoms. The lowest BCUT2D eigenvalue weighted by Crippen LogP contribution is -1.98. The molecule has 0 spiro atoms. The third kappa shape index (κ3) is 2.87. The van der Waals surface area contributed by atoms with Crippen molar-refractivity contribution in [2.45, 2.75) is 6.61 Å². The normalized spacial score (nSPS) is 10.5. The molecule has 0 amide bonds. The predicted octanol–water partition coefficient (Wildman–Crippen LogP) is 4.02. The summed E-state index contributed by atoms with van der Waals surface area (Å²) in [6, 6.07) is 16.6. The van der Waals surface area contributed by atoms with Crippen LogP contribution in [0.4, 0.5) is 0 Å². The average Bonchev–Trinajstić information content (AvgIpc) is 2.53. The average molecular weight is 278 g/mol. The first-order chi connectivity index (χ1) is 10.3. The van der Waals surface area contributed by atoms with E-state index in [0.29, 0.717) is 17.9 Å². The monoisotopic (exact) mass is 278 g/mol. The minimum atomic E-state index is -0.372. The van der Waals surface area contributed by atoms with Gasteiger partial charge in [-0.2, -0.15) is 0 Å². The number of fused-ring (bicyclic) bond motifs is 1. The number of hydrogen-bond acceptors (Lipinski definition) is 3. The van der Waals surface area contributed by atoms with Crippen LogP contribution < -0.4 is 10.4 Å². The van der Waals surface area contributed by atoms with Crippen LogP contribution in [0.1, 0.15) is 11.1 Å². The molecular formula is C18H14O3. The van der Waals surface area contributed by atoms with Crippen molar-refractivity contribution in [3.63, 3.8) is 0 Å². The number of rotatable bonds is 4. The zero-order valence-corrected chi connectivity index (χ0v) is 11.4. The lowest BCUT2D eigenvalue weighted by Gasteiger charge is -2.10. The summed E-state index contributed by atoms with van der Waals surface area (Å²) in [6.45, 7) is 4.25. The Morgan fingerprint density at radius 2 is 1.90 bits per heavy atom. The molecule has 0 atom stereocenters. The molecule has 0 radical (unpaired) electrons. The molecule has 0 fully saturated rings. The second-order valence-electron chi connectivity index (χ2n) is 4.66. The van der Waals surface area contributed by atoms with E-state index in [9.17, 15) is 4.79 Å². The van der Waals surface area contributed by atoms with E-state index in [0.717, 1.165) is 16.5 Å². The Kier molecular flexibility index (Phi) is 3.56. The molecule has 0 aliphatic rings. The number of benzene rings is 2. The van der Waals surface area contributed by atoms with Gasteiger partial charge in [0.1, 0.15) is 17.9 Å². The van der Waals surface area contributed by atoms with Crippen LogP contribution in [0.2, 0.25) is 0 Å². The SMILES string of the molecule is C=Cc1cc2ccc(=O)oc2cc1OCc1ccccc1. The van der Waals surface area contributed by atoms with Crippen LogP contribution in [0.5, 0.6) is 5.75 Å². The molecule has 0 saturated heterocycles. The summed E-state index contributed by atoms with van der Waals surface area (Å²) in [5.41, 5.74) is 2.08. The van der Waals surface area contributed by atoms with E-state index in [2.05, 4.69) is 6.58 Å². The molecule has 3 rings (SSSR count). The van der Waals surface area contributed by atoms with Gasteiger partial charge in [0.2, 0.25) is 0 Å². The van der Waals surface area contributed by atoms with Gasteiger partial charge in [-0.1, -0.05) is 43.0 Å². The highest BCUT2D eigenvalue weighted by atomic mass is 16.5. The quantitative estimate of drug-likeness (QED) is 0.677. The Bertz CT molecular complexity index is 832. The molecule has 3 aromatic rings. The molecule has 0 N–H and O–H groups in total. The molecule has 1 heterocycles. The molecule has 3 nitrogen and oxygen atoms in total. The second kappa shape index (κ2) is 5.67. The van der Waals surface area contributed by atoms with Crippen LogP contribution in [-0.2, 0) is 6.61 Å². The van der Waals surface area contributed by atoms with E-state index < -0.39 is 0 Å². The minimum absolute atomic E-state index is 0.372. The highest BCUT2D eigenvalue weighted by Gasteiger charge is 2.06. The first kappa shape index (κ1) is 13.2. The molecule has 0 aliphatic carbocycles. The maximum atomic E-state index is 11.3. The largest absolute Gasteiger partial charge is 0.488 e. The van der Waals surface area contributed by atoms with Gasteiger partial charge in [0, 0.05) is 23.1 Å². The third-order valence-electron chi connectivity index (χ3n) is 3.21. The molecular weight excluding hydrogens is 264 g/mol. The fourth-order valence-corrected chi connectivity index (χ4v) is 2.13. The van der Waals surface area contributed by atoms with Gasteiger partial charge in [-0.25, -0.2) is 4.79 Å². The van der Waals surface area contributed by atoms with Crippen molar-refractivity contribution in [2.24, 2.45) is 0 Å². The van der Waals surface area contributed by atoms with E-state index in [-0.39, 0.29) is 5.63 Å². The highest BCUT2D eigenvalue weighted by Crippen LogP contribution is 2.27. The summed E-state index contributed by atoms with van der Waals surface area (Å²) in [6.07, 6.45) is 1.73. The Morgan fingerprint density at radius 3 is 2.67 bits per heavy atom. The van der Waals surface area contributed by atoms with Crippen molar-refractivity contribution >= 4 is 17.0 Å². The topological polar surface area (TPSA) is 39.4 Å². The van der Waals surface area contributed by atoms with Gasteiger partial charge in [-0.3, -0.25) is 0 Å². The van der Waals surface area contributed by atoms with Crippen molar-refractivity contribution in [2.75, 3.05) is 0 Å². The Labute approximate surface area is 122 Å². The van der Waals surface area contributed by atoms with E-state index >= 15 is 0 Å². The summed E-state index contributed by atoms with van der Waals surface area (Å²) >= 11 is 0. The summed E-state index contributed by atoms with van der Waals surface area (Å²) in [7, 11) is 0. The van der Waals surface area contributed by atoms with Gasteiger partial charge in [-0.15, -0.1) is 0 Å². The van der Waals surface area contributed by atoms with E-state index in [1.807, 2.05) is 36.4 Å². The molecule has 0 unspecified atom stereocenters. The van der Waals surface area contributed by atoms with Gasteiger partial charge in [0.05, 0.1) is 0 Å². The van der Waals surface area contributed by atoms with Crippen LogP contribution in [0, 0.1) is 0 Å². The standard InChI is InChI=1S/C18H14O3/c1-2-14-10-15-8-9-18(19)21-17(15)11-16(14)20-12-13-6-4-3-5-7-13/h2-11H,1,12H2. The van der Waals surface area contributed by atoms with Gasteiger partial charge in [0.15, 0.2) is 0 Å². The summed E-state index contributed by atoms with van der Waals surface area (Å²) in [5.74, 6) is 0.649. The summed E-state index contributed by atoms with van der Waals surface area (Å²) in [4.78, 5) is 11.3. The Hall–Kier alpha value is -2.81. The fraction of sp³-hybridized carbons (Fsp3) is 0.0556. The van der Waals surface area contributed by atoms with Gasteiger partial charge < -0.3 is 9.15 Å². The maximum absolute atomic E-state index is 11.3. The molecule has 1 aromatic heterocycles. The van der Waals surface area contributed by atoms with Crippen LogP contribution >= 0.6 is 0 Å². The minimum Gasteiger partial charge on any atom is -0.488 e. The maximum Gasteiger partial charge on any atom is 0.336 e. The third-order valence-corrected chi connectivity index (χ3v) is 3.21. The lowest BCUT2D eigenvalue weighted by atomic mass is 10.1. The van der Waals surface area contributed by atoms with Crippen molar-refractivity contribution in [3.05, 3.63) is 82.7 Å². The van der Waals surface area contributed by atoms with E-state index in [1.165, 1.54) is 6.07 Å². The van der Waals surface area contributed by atoms with Crippen LogP contribution in [0.25, 0.3) is 17.0 Å². The van der Waals surface area contributed by atoms with Crippen molar-refractivity contribution < 1.29 is 9.15 Å². The summed E-state index contributed by atoms with van der Waals surface area (Å²) < 4.78 is 11.0. The van der Waals surface area contributed by atoms with Crippen molar-refractivity contribution in [1.82, 2.24) is 0 Å². The molecule has 104 valence electrons. The molecule has 0 aliphatic heterocycles. The molecule has 21 heavy (non-hydrogen) atoms. The van der Waals surface area contributed by atoms with Crippen molar-refractivity contribution in [1.29, 1.82) is 0 Å². The van der Waals surface area contributed by atoms with E-state index in [4.69, 9.17) is 9.15 Å². The predicted molar refractivity (Wildman–Crippen MR) is 83.3 cm³/mol. The first-order valence-electron chi connectivity index (χ1n) is 6.63. The van der Waals surface area contributed by atoms with Gasteiger partial charge >= 0.3 is 5.63 Å². The van der Waals surface area contributed by atoms with E-state index in [1.54, 1.807) is 18.2 Å². The zero-order valence-electron chi connectivity index (χ0n) is 11.4. The van der Waals surface area contributed by atoms with Crippen LogP contribution in [0.3, 0.4) is 0 Å².